The van der Waals surface area contributed by atoms with E-state index < -0.39 is 0 Å². The van der Waals surface area contributed by atoms with Crippen molar-refractivity contribution in [3.8, 4) is 5.75 Å². The van der Waals surface area contributed by atoms with Gasteiger partial charge in [-0.2, -0.15) is 0 Å². The van der Waals surface area contributed by atoms with Crippen LogP contribution in [0.15, 0.2) is 18.2 Å². The Morgan fingerprint density at radius 3 is 2.68 bits per heavy atom. The molecule has 19 heavy (non-hydrogen) atoms. The Labute approximate surface area is 127 Å². The summed E-state index contributed by atoms with van der Waals surface area (Å²) in [5.74, 6) is 1.60. The molecule has 0 aliphatic carbocycles. The van der Waals surface area contributed by atoms with Gasteiger partial charge in [0, 0.05) is 23.0 Å². The smallest absolute Gasteiger partial charge is 0.123 e. The summed E-state index contributed by atoms with van der Waals surface area (Å²) in [5, 5.41) is 4.13. The van der Waals surface area contributed by atoms with Crippen molar-refractivity contribution in [3.05, 3.63) is 28.8 Å². The highest BCUT2D eigenvalue weighted by molar-refractivity contribution is 6.30. The highest BCUT2D eigenvalue weighted by Gasteiger charge is 2.21. The van der Waals surface area contributed by atoms with Gasteiger partial charge in [-0.15, -0.1) is 12.4 Å². The fourth-order valence-corrected chi connectivity index (χ4v) is 2.45. The molecule has 0 aromatic heterocycles. The van der Waals surface area contributed by atoms with Crippen molar-refractivity contribution in [2.75, 3.05) is 19.7 Å². The molecule has 2 rings (SSSR count). The van der Waals surface area contributed by atoms with E-state index in [1.54, 1.807) is 0 Å². The van der Waals surface area contributed by atoms with Crippen LogP contribution in [0.25, 0.3) is 0 Å². The second kappa shape index (κ2) is 6.83. The van der Waals surface area contributed by atoms with E-state index >= 15 is 0 Å². The lowest BCUT2D eigenvalue weighted by Crippen LogP contribution is -2.18. The first-order valence-electron chi connectivity index (χ1n) is 6.60. The summed E-state index contributed by atoms with van der Waals surface area (Å²) >= 11 is 6.08. The van der Waals surface area contributed by atoms with Crippen LogP contribution in [0.2, 0.25) is 5.02 Å². The van der Waals surface area contributed by atoms with E-state index in [0.717, 1.165) is 30.5 Å². The number of hydrogen-bond donors (Lipinski definition) is 1. The molecular weight excluding hydrogens is 281 g/mol. The molecule has 0 bridgehead atoms. The van der Waals surface area contributed by atoms with Crippen molar-refractivity contribution in [1.29, 1.82) is 0 Å². The first-order chi connectivity index (χ1) is 8.47. The van der Waals surface area contributed by atoms with Gasteiger partial charge < -0.3 is 10.1 Å². The van der Waals surface area contributed by atoms with E-state index in [2.05, 4.69) is 26.1 Å². The van der Waals surface area contributed by atoms with E-state index in [4.69, 9.17) is 16.3 Å². The molecule has 1 fully saturated rings. The highest BCUT2D eigenvalue weighted by atomic mass is 35.5. The Bertz CT molecular complexity index is 409. The zero-order valence-corrected chi connectivity index (χ0v) is 13.4. The van der Waals surface area contributed by atoms with Crippen LogP contribution in [0.3, 0.4) is 0 Å². The molecule has 1 aliphatic heterocycles. The normalized spacial score (nSPS) is 19.1. The molecule has 0 amide bonds. The molecule has 0 radical (unpaired) electrons. The van der Waals surface area contributed by atoms with Gasteiger partial charge in [0.15, 0.2) is 0 Å². The summed E-state index contributed by atoms with van der Waals surface area (Å²) in [7, 11) is 0. The van der Waals surface area contributed by atoms with Crippen LogP contribution < -0.4 is 10.1 Å². The van der Waals surface area contributed by atoms with Crippen LogP contribution in [0.1, 0.15) is 32.8 Å². The number of nitrogens with one attached hydrogen (secondary N) is 1. The second-order valence-electron chi connectivity index (χ2n) is 6.06. The minimum atomic E-state index is 0. The maximum atomic E-state index is 6.08. The molecule has 1 heterocycles. The fourth-order valence-electron chi connectivity index (χ4n) is 2.28. The summed E-state index contributed by atoms with van der Waals surface area (Å²) in [5.41, 5.74) is 1.23. The molecule has 1 unspecified atom stereocenters. The number of hydrogen-bond acceptors (Lipinski definition) is 2. The number of halogens is 2. The van der Waals surface area contributed by atoms with E-state index in [-0.39, 0.29) is 17.8 Å². The monoisotopic (exact) mass is 303 g/mol. The molecule has 0 spiro atoms. The van der Waals surface area contributed by atoms with Crippen LogP contribution in [-0.4, -0.2) is 19.7 Å². The van der Waals surface area contributed by atoms with Crippen LogP contribution in [0.4, 0.5) is 0 Å². The molecule has 1 aliphatic rings. The lowest BCUT2D eigenvalue weighted by molar-refractivity contribution is 0.254. The van der Waals surface area contributed by atoms with Gasteiger partial charge >= 0.3 is 0 Å². The lowest BCUT2D eigenvalue weighted by atomic mass is 9.86. The topological polar surface area (TPSA) is 21.3 Å². The first kappa shape index (κ1) is 16.6. The van der Waals surface area contributed by atoms with Crippen molar-refractivity contribution in [2.24, 2.45) is 5.92 Å². The van der Waals surface area contributed by atoms with Crippen LogP contribution in [-0.2, 0) is 5.41 Å². The predicted octanol–water partition coefficient (Wildman–Crippen LogP) is 4.05. The molecule has 2 nitrogen and oxygen atoms in total. The van der Waals surface area contributed by atoms with Gasteiger partial charge in [-0.1, -0.05) is 32.4 Å². The molecule has 1 saturated heterocycles. The third-order valence-corrected chi connectivity index (χ3v) is 3.62. The van der Waals surface area contributed by atoms with Gasteiger partial charge in [-0.05, 0) is 36.6 Å². The minimum absolute atomic E-state index is 0. The van der Waals surface area contributed by atoms with Gasteiger partial charge in [0.1, 0.15) is 5.75 Å². The van der Waals surface area contributed by atoms with Crippen molar-refractivity contribution in [2.45, 2.75) is 32.6 Å². The van der Waals surface area contributed by atoms with E-state index in [1.807, 2.05) is 18.2 Å². The van der Waals surface area contributed by atoms with Gasteiger partial charge in [-0.25, -0.2) is 0 Å². The van der Waals surface area contributed by atoms with E-state index in [9.17, 15) is 0 Å². The largest absolute Gasteiger partial charge is 0.493 e. The highest BCUT2D eigenvalue weighted by Crippen LogP contribution is 2.33. The molecule has 1 aromatic rings. The predicted molar refractivity (Wildman–Crippen MR) is 83.9 cm³/mol. The summed E-state index contributed by atoms with van der Waals surface area (Å²) in [6.07, 6.45) is 1.21. The standard InChI is InChI=1S/C15H22ClNO.ClH/c1-15(2,3)13-8-12(16)4-5-14(13)18-10-11-6-7-17-9-11;/h4-5,8,11,17H,6-7,9-10H2,1-3H3;1H. The first-order valence-corrected chi connectivity index (χ1v) is 6.98. The third-order valence-electron chi connectivity index (χ3n) is 3.39. The molecule has 1 atom stereocenters. The van der Waals surface area contributed by atoms with E-state index in [0.29, 0.717) is 5.92 Å². The summed E-state index contributed by atoms with van der Waals surface area (Å²) < 4.78 is 6.00. The van der Waals surface area contributed by atoms with Gasteiger partial charge in [0.05, 0.1) is 6.61 Å². The second-order valence-corrected chi connectivity index (χ2v) is 6.50. The molecule has 108 valence electrons. The zero-order valence-electron chi connectivity index (χ0n) is 11.8. The Balaban J connectivity index is 0.00000180. The Hall–Kier alpha value is -0.440. The number of ether oxygens (including phenoxy) is 1. The van der Waals surface area contributed by atoms with Crippen molar-refractivity contribution in [1.82, 2.24) is 5.32 Å². The van der Waals surface area contributed by atoms with Crippen molar-refractivity contribution >= 4 is 24.0 Å². The maximum Gasteiger partial charge on any atom is 0.123 e. The summed E-state index contributed by atoms with van der Waals surface area (Å²) in [6, 6.07) is 5.91. The maximum absolute atomic E-state index is 6.08. The zero-order chi connectivity index (χ0) is 13.2. The fraction of sp³-hybridized carbons (Fsp3) is 0.600. The summed E-state index contributed by atoms with van der Waals surface area (Å²) in [4.78, 5) is 0. The Morgan fingerprint density at radius 1 is 1.37 bits per heavy atom. The van der Waals surface area contributed by atoms with E-state index in [1.165, 1.54) is 12.0 Å². The lowest BCUT2D eigenvalue weighted by Gasteiger charge is -2.24. The van der Waals surface area contributed by atoms with Crippen LogP contribution in [0, 0.1) is 5.92 Å². The molecule has 1 N–H and O–H groups in total. The molecule has 4 heteroatoms. The molecular formula is C15H23Cl2NO. The summed E-state index contributed by atoms with van der Waals surface area (Å²) in [6.45, 7) is 9.52. The average Bonchev–Trinajstić information content (AvgIpc) is 2.79. The number of benzene rings is 1. The average molecular weight is 304 g/mol. The quantitative estimate of drug-likeness (QED) is 0.909. The third kappa shape index (κ3) is 4.55. The molecule has 1 aromatic carbocycles. The Morgan fingerprint density at radius 2 is 2.11 bits per heavy atom. The SMILES string of the molecule is CC(C)(C)c1cc(Cl)ccc1OCC1CCNC1.Cl. The minimum Gasteiger partial charge on any atom is -0.493 e. The van der Waals surface area contributed by atoms with Crippen molar-refractivity contribution < 1.29 is 4.74 Å². The number of rotatable bonds is 3. The van der Waals surface area contributed by atoms with Crippen molar-refractivity contribution in [3.63, 3.8) is 0 Å². The van der Waals surface area contributed by atoms with Gasteiger partial charge in [0.2, 0.25) is 0 Å². The van der Waals surface area contributed by atoms with Gasteiger partial charge in [-0.3, -0.25) is 0 Å². The Kier molecular flexibility index (Phi) is 5.97. The van der Waals surface area contributed by atoms with Gasteiger partial charge in [0.25, 0.3) is 0 Å². The van der Waals surface area contributed by atoms with Crippen LogP contribution in [0.5, 0.6) is 5.75 Å². The van der Waals surface area contributed by atoms with Crippen LogP contribution >= 0.6 is 24.0 Å². The molecule has 0 saturated carbocycles.